The van der Waals surface area contributed by atoms with Crippen molar-refractivity contribution in [3.05, 3.63) is 65.2 Å². The molecular formula is C18H18O3. The average molecular weight is 282 g/mol. The van der Waals surface area contributed by atoms with Gasteiger partial charge in [-0.15, -0.1) is 0 Å². The normalized spacial score (nSPS) is 10.6. The number of benzene rings is 2. The number of esters is 1. The summed E-state index contributed by atoms with van der Waals surface area (Å²) in [6.45, 7) is 3.92. The Morgan fingerprint density at radius 2 is 1.71 bits per heavy atom. The molecule has 0 N–H and O–H groups in total. The molecule has 0 heterocycles. The molecule has 0 unspecified atom stereocenters. The molecule has 2 rings (SSSR count). The van der Waals surface area contributed by atoms with Crippen LogP contribution in [0.25, 0.3) is 6.08 Å². The summed E-state index contributed by atoms with van der Waals surface area (Å²) in [6, 6.07) is 13.1. The van der Waals surface area contributed by atoms with E-state index in [-0.39, 0.29) is 0 Å². The molecule has 2 aromatic carbocycles. The van der Waals surface area contributed by atoms with E-state index in [1.54, 1.807) is 19.3 Å². The van der Waals surface area contributed by atoms with Crippen LogP contribution in [0.5, 0.6) is 11.5 Å². The summed E-state index contributed by atoms with van der Waals surface area (Å²) < 4.78 is 10.6. The SMILES string of the molecule is COc1ccccc1/C=C/C(=O)Oc1cccc(C)c1C. The summed E-state index contributed by atoms with van der Waals surface area (Å²) in [5.41, 5.74) is 2.89. The summed E-state index contributed by atoms with van der Waals surface area (Å²) >= 11 is 0. The molecule has 3 nitrogen and oxygen atoms in total. The van der Waals surface area contributed by atoms with Crippen molar-refractivity contribution in [3.8, 4) is 11.5 Å². The van der Waals surface area contributed by atoms with Crippen LogP contribution < -0.4 is 9.47 Å². The molecule has 0 bridgehead atoms. The number of aryl methyl sites for hydroxylation is 1. The van der Waals surface area contributed by atoms with Gasteiger partial charge in [0.15, 0.2) is 0 Å². The number of carbonyl (C=O) groups excluding carboxylic acids is 1. The van der Waals surface area contributed by atoms with Crippen molar-refractivity contribution in [1.82, 2.24) is 0 Å². The maximum Gasteiger partial charge on any atom is 0.336 e. The first-order valence-electron chi connectivity index (χ1n) is 6.71. The lowest BCUT2D eigenvalue weighted by molar-refractivity contribution is -0.128. The van der Waals surface area contributed by atoms with Crippen molar-refractivity contribution in [2.24, 2.45) is 0 Å². The second-order valence-electron chi connectivity index (χ2n) is 4.69. The van der Waals surface area contributed by atoms with Gasteiger partial charge in [0.05, 0.1) is 7.11 Å². The van der Waals surface area contributed by atoms with Crippen molar-refractivity contribution in [2.45, 2.75) is 13.8 Å². The zero-order valence-electron chi connectivity index (χ0n) is 12.4. The Bertz CT molecular complexity index is 672. The Balaban J connectivity index is 2.11. The maximum absolute atomic E-state index is 11.9. The smallest absolute Gasteiger partial charge is 0.336 e. The summed E-state index contributed by atoms with van der Waals surface area (Å²) in [6.07, 6.45) is 3.09. The predicted octanol–water partition coefficient (Wildman–Crippen LogP) is 3.93. The Labute approximate surface area is 124 Å². The van der Waals surface area contributed by atoms with Crippen LogP contribution in [0.3, 0.4) is 0 Å². The lowest BCUT2D eigenvalue weighted by Gasteiger charge is -2.07. The van der Waals surface area contributed by atoms with E-state index in [4.69, 9.17) is 9.47 Å². The van der Waals surface area contributed by atoms with Gasteiger partial charge in [0.1, 0.15) is 11.5 Å². The molecule has 0 aliphatic heterocycles. The molecule has 0 amide bonds. The van der Waals surface area contributed by atoms with E-state index >= 15 is 0 Å². The Morgan fingerprint density at radius 1 is 1.00 bits per heavy atom. The summed E-state index contributed by atoms with van der Waals surface area (Å²) in [4.78, 5) is 11.9. The van der Waals surface area contributed by atoms with Crippen LogP contribution in [0.1, 0.15) is 16.7 Å². The predicted molar refractivity (Wildman–Crippen MR) is 83.6 cm³/mol. The second kappa shape index (κ2) is 6.75. The van der Waals surface area contributed by atoms with Crippen molar-refractivity contribution in [3.63, 3.8) is 0 Å². The fourth-order valence-electron chi connectivity index (χ4n) is 1.94. The van der Waals surface area contributed by atoms with Gasteiger partial charge in [0.2, 0.25) is 0 Å². The molecule has 0 saturated carbocycles. The fraction of sp³-hybridized carbons (Fsp3) is 0.167. The molecule has 0 aliphatic carbocycles. The number of hydrogen-bond acceptors (Lipinski definition) is 3. The van der Waals surface area contributed by atoms with Crippen molar-refractivity contribution in [2.75, 3.05) is 7.11 Å². The Hall–Kier alpha value is -2.55. The average Bonchev–Trinajstić information content (AvgIpc) is 2.50. The molecule has 0 aromatic heterocycles. The van der Waals surface area contributed by atoms with Crippen LogP contribution in [-0.2, 0) is 4.79 Å². The molecule has 0 spiro atoms. The van der Waals surface area contributed by atoms with E-state index in [9.17, 15) is 4.79 Å². The summed E-state index contributed by atoms with van der Waals surface area (Å²) in [5.74, 6) is 0.896. The summed E-state index contributed by atoms with van der Waals surface area (Å²) in [5, 5.41) is 0. The first-order valence-corrected chi connectivity index (χ1v) is 6.71. The zero-order chi connectivity index (χ0) is 15.2. The van der Waals surface area contributed by atoms with Crippen LogP contribution >= 0.6 is 0 Å². The van der Waals surface area contributed by atoms with E-state index in [0.717, 1.165) is 16.7 Å². The van der Waals surface area contributed by atoms with Crippen LogP contribution in [0.2, 0.25) is 0 Å². The maximum atomic E-state index is 11.9. The topological polar surface area (TPSA) is 35.5 Å². The first-order chi connectivity index (χ1) is 10.1. The number of ether oxygens (including phenoxy) is 2. The fourth-order valence-corrected chi connectivity index (χ4v) is 1.94. The first kappa shape index (κ1) is 14.9. The second-order valence-corrected chi connectivity index (χ2v) is 4.69. The molecule has 2 aromatic rings. The lowest BCUT2D eigenvalue weighted by atomic mass is 10.1. The molecule has 0 aliphatic rings. The highest BCUT2D eigenvalue weighted by Gasteiger charge is 2.06. The van der Waals surface area contributed by atoms with Crippen LogP contribution in [-0.4, -0.2) is 13.1 Å². The monoisotopic (exact) mass is 282 g/mol. The van der Waals surface area contributed by atoms with E-state index in [1.807, 2.05) is 50.2 Å². The molecule has 0 saturated heterocycles. The van der Waals surface area contributed by atoms with E-state index < -0.39 is 5.97 Å². The highest BCUT2D eigenvalue weighted by atomic mass is 16.5. The van der Waals surface area contributed by atoms with Gasteiger partial charge >= 0.3 is 5.97 Å². The van der Waals surface area contributed by atoms with Gasteiger partial charge < -0.3 is 9.47 Å². The van der Waals surface area contributed by atoms with Gasteiger partial charge in [-0.1, -0.05) is 30.3 Å². The molecule has 108 valence electrons. The minimum absolute atomic E-state index is 0.408. The molecule has 3 heteroatoms. The lowest BCUT2D eigenvalue weighted by Crippen LogP contribution is -2.05. The van der Waals surface area contributed by atoms with Gasteiger partial charge in [-0.25, -0.2) is 4.79 Å². The molecule has 0 radical (unpaired) electrons. The quantitative estimate of drug-likeness (QED) is 0.484. The van der Waals surface area contributed by atoms with Crippen molar-refractivity contribution in [1.29, 1.82) is 0 Å². The third-order valence-corrected chi connectivity index (χ3v) is 3.30. The van der Waals surface area contributed by atoms with Crippen molar-refractivity contribution < 1.29 is 14.3 Å². The number of rotatable bonds is 4. The van der Waals surface area contributed by atoms with Gasteiger partial charge in [0.25, 0.3) is 0 Å². The zero-order valence-corrected chi connectivity index (χ0v) is 12.4. The number of hydrogen-bond donors (Lipinski definition) is 0. The van der Waals surface area contributed by atoms with Gasteiger partial charge in [-0.2, -0.15) is 0 Å². The third-order valence-electron chi connectivity index (χ3n) is 3.30. The minimum Gasteiger partial charge on any atom is -0.496 e. The van der Waals surface area contributed by atoms with E-state index in [2.05, 4.69) is 0 Å². The molecule has 0 fully saturated rings. The minimum atomic E-state index is -0.408. The standard InChI is InChI=1S/C18H18O3/c1-13-7-6-10-16(14(13)2)21-18(19)12-11-15-8-4-5-9-17(15)20-3/h4-12H,1-3H3/b12-11+. The highest BCUT2D eigenvalue weighted by Crippen LogP contribution is 2.21. The third kappa shape index (κ3) is 3.72. The number of para-hydroxylation sites is 1. The molecule has 21 heavy (non-hydrogen) atoms. The number of carbonyl (C=O) groups is 1. The van der Waals surface area contributed by atoms with E-state index in [1.165, 1.54) is 6.08 Å². The number of methoxy groups -OCH3 is 1. The Kier molecular flexibility index (Phi) is 4.77. The van der Waals surface area contributed by atoms with Gasteiger partial charge in [0, 0.05) is 11.6 Å². The highest BCUT2D eigenvalue weighted by molar-refractivity contribution is 5.89. The summed E-state index contributed by atoms with van der Waals surface area (Å²) in [7, 11) is 1.60. The van der Waals surface area contributed by atoms with Crippen LogP contribution in [0, 0.1) is 13.8 Å². The molecular weight excluding hydrogens is 264 g/mol. The van der Waals surface area contributed by atoms with Crippen LogP contribution in [0.15, 0.2) is 48.5 Å². The largest absolute Gasteiger partial charge is 0.496 e. The molecule has 0 atom stereocenters. The van der Waals surface area contributed by atoms with Crippen LogP contribution in [0.4, 0.5) is 0 Å². The van der Waals surface area contributed by atoms with Gasteiger partial charge in [-0.05, 0) is 43.2 Å². The van der Waals surface area contributed by atoms with Crippen molar-refractivity contribution >= 4 is 12.0 Å². The van der Waals surface area contributed by atoms with Gasteiger partial charge in [-0.3, -0.25) is 0 Å². The Morgan fingerprint density at radius 3 is 2.48 bits per heavy atom. The van der Waals surface area contributed by atoms with E-state index in [0.29, 0.717) is 11.5 Å².